The number of anilines is 1. The van der Waals surface area contributed by atoms with E-state index in [1.807, 2.05) is 18.3 Å². The maximum absolute atomic E-state index is 12.1. The molecule has 1 N–H and O–H groups in total. The van der Waals surface area contributed by atoms with Crippen LogP contribution in [0.4, 0.5) is 5.82 Å². The van der Waals surface area contributed by atoms with Crippen LogP contribution in [-0.2, 0) is 6.54 Å². The van der Waals surface area contributed by atoms with Crippen molar-refractivity contribution in [1.82, 2.24) is 20.2 Å². The highest BCUT2D eigenvalue weighted by molar-refractivity contribution is 9.10. The number of carbonyl (C=O) groups is 1. The van der Waals surface area contributed by atoms with Gasteiger partial charge in [0.2, 0.25) is 0 Å². The topological polar surface area (TPSA) is 61.4 Å². The zero-order valence-corrected chi connectivity index (χ0v) is 15.2. The van der Waals surface area contributed by atoms with Crippen molar-refractivity contribution in [2.45, 2.75) is 6.54 Å². The second kappa shape index (κ2) is 7.72. The Bertz CT molecular complexity index is 698. The van der Waals surface area contributed by atoms with Crippen molar-refractivity contribution >= 4 is 27.7 Å². The van der Waals surface area contributed by atoms with E-state index in [0.717, 1.165) is 42.0 Å². The number of nitrogens with zero attached hydrogens (tertiary/aromatic N) is 4. The summed E-state index contributed by atoms with van der Waals surface area (Å²) >= 11 is 3.32. The molecule has 1 saturated heterocycles. The summed E-state index contributed by atoms with van der Waals surface area (Å²) in [6, 6.07) is 5.78. The predicted molar refractivity (Wildman–Crippen MR) is 97.1 cm³/mol. The SMILES string of the molecule is CN1CCN(c2ccc(CNC(=O)c3cncc(Br)c3)cn2)CC1. The van der Waals surface area contributed by atoms with Gasteiger partial charge < -0.3 is 15.1 Å². The van der Waals surface area contributed by atoms with E-state index >= 15 is 0 Å². The van der Waals surface area contributed by atoms with Gasteiger partial charge in [0.25, 0.3) is 5.91 Å². The van der Waals surface area contributed by atoms with Crippen molar-refractivity contribution < 1.29 is 4.79 Å². The van der Waals surface area contributed by atoms with Crippen molar-refractivity contribution in [3.05, 3.63) is 52.4 Å². The standard InChI is InChI=1S/C17H20BrN5O/c1-22-4-6-23(7-5-22)16-3-2-13(9-20-16)10-21-17(24)14-8-15(18)12-19-11-14/h2-3,8-9,11-12H,4-7,10H2,1H3,(H,21,24). The highest BCUT2D eigenvalue weighted by atomic mass is 79.9. The first-order chi connectivity index (χ1) is 11.6. The molecule has 0 aromatic carbocycles. The number of pyridine rings is 2. The van der Waals surface area contributed by atoms with Gasteiger partial charge in [-0.05, 0) is 40.7 Å². The molecule has 3 rings (SSSR count). The van der Waals surface area contributed by atoms with E-state index in [-0.39, 0.29) is 5.91 Å². The molecule has 1 fully saturated rings. The van der Waals surface area contributed by atoms with Gasteiger partial charge in [-0.15, -0.1) is 0 Å². The third-order valence-corrected chi connectivity index (χ3v) is 4.49. The van der Waals surface area contributed by atoms with Crippen molar-refractivity contribution in [1.29, 1.82) is 0 Å². The quantitative estimate of drug-likeness (QED) is 0.865. The molecule has 1 amide bonds. The first kappa shape index (κ1) is 16.9. The third-order valence-electron chi connectivity index (χ3n) is 4.06. The van der Waals surface area contributed by atoms with Crippen LogP contribution in [0.2, 0.25) is 0 Å². The second-order valence-electron chi connectivity index (χ2n) is 5.89. The number of halogens is 1. The van der Waals surface area contributed by atoms with Crippen molar-refractivity contribution in [2.75, 3.05) is 38.1 Å². The van der Waals surface area contributed by atoms with Gasteiger partial charge in [-0.2, -0.15) is 0 Å². The molecule has 0 saturated carbocycles. The van der Waals surface area contributed by atoms with Crippen LogP contribution in [0.25, 0.3) is 0 Å². The lowest BCUT2D eigenvalue weighted by atomic mass is 10.2. The predicted octanol–water partition coefficient (Wildman–Crippen LogP) is 1.92. The van der Waals surface area contributed by atoms with E-state index in [4.69, 9.17) is 0 Å². The second-order valence-corrected chi connectivity index (χ2v) is 6.81. The molecule has 1 aliphatic rings. The van der Waals surface area contributed by atoms with E-state index in [9.17, 15) is 4.79 Å². The van der Waals surface area contributed by atoms with Gasteiger partial charge in [-0.1, -0.05) is 6.07 Å². The Morgan fingerprint density at radius 2 is 2.00 bits per heavy atom. The van der Waals surface area contributed by atoms with Gasteiger partial charge in [0.05, 0.1) is 5.56 Å². The number of likely N-dealkylation sites (N-methyl/N-ethyl adjacent to an activating group) is 1. The zero-order valence-electron chi connectivity index (χ0n) is 13.6. The Kier molecular flexibility index (Phi) is 5.42. The van der Waals surface area contributed by atoms with Crippen LogP contribution in [0.1, 0.15) is 15.9 Å². The maximum Gasteiger partial charge on any atom is 0.253 e. The molecule has 2 aromatic rings. The Balaban J connectivity index is 1.55. The van der Waals surface area contributed by atoms with Gasteiger partial charge in [0.15, 0.2) is 0 Å². The van der Waals surface area contributed by atoms with Gasteiger partial charge in [0.1, 0.15) is 5.82 Å². The third kappa shape index (κ3) is 4.30. The maximum atomic E-state index is 12.1. The van der Waals surface area contributed by atoms with Crippen LogP contribution in [0.5, 0.6) is 0 Å². The summed E-state index contributed by atoms with van der Waals surface area (Å²) in [5.74, 6) is 0.848. The molecule has 126 valence electrons. The van der Waals surface area contributed by atoms with E-state index < -0.39 is 0 Å². The zero-order chi connectivity index (χ0) is 16.9. The van der Waals surface area contributed by atoms with Gasteiger partial charge in [-0.25, -0.2) is 4.98 Å². The van der Waals surface area contributed by atoms with Crippen LogP contribution in [-0.4, -0.2) is 54.0 Å². The van der Waals surface area contributed by atoms with Crippen molar-refractivity contribution in [3.8, 4) is 0 Å². The van der Waals surface area contributed by atoms with Crippen LogP contribution >= 0.6 is 15.9 Å². The average molecular weight is 390 g/mol. The van der Waals surface area contributed by atoms with Gasteiger partial charge in [0, 0.05) is 55.8 Å². The summed E-state index contributed by atoms with van der Waals surface area (Å²) in [5.41, 5.74) is 1.51. The lowest BCUT2D eigenvalue weighted by molar-refractivity contribution is 0.0950. The lowest BCUT2D eigenvalue weighted by Gasteiger charge is -2.33. The Labute approximate surface area is 150 Å². The first-order valence-corrected chi connectivity index (χ1v) is 8.68. The monoisotopic (exact) mass is 389 g/mol. The van der Waals surface area contributed by atoms with E-state index in [0.29, 0.717) is 12.1 Å². The van der Waals surface area contributed by atoms with Crippen LogP contribution in [0, 0.1) is 0 Å². The molecular formula is C17H20BrN5O. The number of hydrogen-bond donors (Lipinski definition) is 1. The highest BCUT2D eigenvalue weighted by Crippen LogP contribution is 2.14. The fourth-order valence-electron chi connectivity index (χ4n) is 2.56. The van der Waals surface area contributed by atoms with Crippen LogP contribution < -0.4 is 10.2 Å². The van der Waals surface area contributed by atoms with Gasteiger partial charge >= 0.3 is 0 Å². The fourth-order valence-corrected chi connectivity index (χ4v) is 2.93. The number of aromatic nitrogens is 2. The largest absolute Gasteiger partial charge is 0.354 e. The van der Waals surface area contributed by atoms with E-state index in [1.54, 1.807) is 18.5 Å². The summed E-state index contributed by atoms with van der Waals surface area (Å²) < 4.78 is 0.786. The summed E-state index contributed by atoms with van der Waals surface area (Å²) in [5, 5.41) is 2.89. The molecule has 3 heterocycles. The molecule has 2 aromatic heterocycles. The summed E-state index contributed by atoms with van der Waals surface area (Å²) in [6.07, 6.45) is 5.03. The molecule has 0 bridgehead atoms. The number of amides is 1. The summed E-state index contributed by atoms with van der Waals surface area (Å²) in [4.78, 5) is 25.2. The van der Waals surface area contributed by atoms with E-state index in [1.165, 1.54) is 0 Å². The normalized spacial score (nSPS) is 15.3. The molecule has 7 heteroatoms. The molecule has 24 heavy (non-hydrogen) atoms. The fraction of sp³-hybridized carbons (Fsp3) is 0.353. The molecule has 0 atom stereocenters. The number of rotatable bonds is 4. The number of hydrogen-bond acceptors (Lipinski definition) is 5. The molecular weight excluding hydrogens is 370 g/mol. The minimum Gasteiger partial charge on any atom is -0.354 e. The number of piperazine rings is 1. The molecule has 0 aliphatic carbocycles. The van der Waals surface area contributed by atoms with Crippen LogP contribution in [0.3, 0.4) is 0 Å². The highest BCUT2D eigenvalue weighted by Gasteiger charge is 2.15. The average Bonchev–Trinajstić information content (AvgIpc) is 2.61. The number of carbonyl (C=O) groups excluding carboxylic acids is 1. The first-order valence-electron chi connectivity index (χ1n) is 7.89. The minimum absolute atomic E-state index is 0.146. The molecule has 0 radical (unpaired) electrons. The Morgan fingerprint density at radius 1 is 1.21 bits per heavy atom. The van der Waals surface area contributed by atoms with Crippen molar-refractivity contribution in [3.63, 3.8) is 0 Å². The van der Waals surface area contributed by atoms with Crippen LogP contribution in [0.15, 0.2) is 41.3 Å². The number of nitrogens with one attached hydrogen (secondary N) is 1. The summed E-state index contributed by atoms with van der Waals surface area (Å²) in [6.45, 7) is 4.55. The molecule has 1 aliphatic heterocycles. The minimum atomic E-state index is -0.146. The molecule has 0 spiro atoms. The lowest BCUT2D eigenvalue weighted by Crippen LogP contribution is -2.44. The summed E-state index contributed by atoms with van der Waals surface area (Å²) in [7, 11) is 2.14. The Hall–Kier alpha value is -1.99. The molecule has 0 unspecified atom stereocenters. The Morgan fingerprint density at radius 3 is 2.67 bits per heavy atom. The van der Waals surface area contributed by atoms with E-state index in [2.05, 4.69) is 48.1 Å². The smallest absolute Gasteiger partial charge is 0.253 e. The van der Waals surface area contributed by atoms with Gasteiger partial charge in [-0.3, -0.25) is 9.78 Å². The molecule has 6 nitrogen and oxygen atoms in total. The van der Waals surface area contributed by atoms with Crippen molar-refractivity contribution in [2.24, 2.45) is 0 Å².